The normalized spacial score (nSPS) is 11.7. The number of ether oxygens (including phenoxy) is 1. The summed E-state index contributed by atoms with van der Waals surface area (Å²) in [6.45, 7) is 7.44. The minimum absolute atomic E-state index is 0.0121. The molecule has 0 atom stereocenters. The van der Waals surface area contributed by atoms with Crippen LogP contribution in [0.1, 0.15) is 34.1 Å². The van der Waals surface area contributed by atoms with E-state index in [4.69, 9.17) is 4.74 Å². The first kappa shape index (κ1) is 12.9. The van der Waals surface area contributed by atoms with Gasteiger partial charge >= 0.3 is 5.97 Å². The van der Waals surface area contributed by atoms with Gasteiger partial charge in [0.1, 0.15) is 0 Å². The van der Waals surface area contributed by atoms with Crippen LogP contribution in [0.2, 0.25) is 0 Å². The number of carbonyl (C=O) groups excluding carboxylic acids is 2. The average Bonchev–Trinajstić information content (AvgIpc) is 2.00. The summed E-state index contributed by atoms with van der Waals surface area (Å²) in [5.74, 6) is -0.243. The van der Waals surface area contributed by atoms with Gasteiger partial charge in [-0.2, -0.15) is 0 Å². The van der Waals surface area contributed by atoms with Crippen molar-refractivity contribution in [2.75, 3.05) is 6.61 Å². The quantitative estimate of drug-likeness (QED) is 0.502. The number of rotatable bonds is 5. The summed E-state index contributed by atoms with van der Waals surface area (Å²) in [6.07, 6.45) is 3.52. The van der Waals surface area contributed by atoms with Crippen molar-refractivity contribution in [3.8, 4) is 0 Å². The first-order chi connectivity index (χ1) is 6.37. The molecule has 0 radical (unpaired) electrons. The molecular formula is C11H18O3. The van der Waals surface area contributed by atoms with Gasteiger partial charge in [0, 0.05) is 0 Å². The SMILES string of the molecule is CCOC(=O)CC(C)(C)/C=C/C(C)=O. The zero-order chi connectivity index (χ0) is 11.2. The third-order valence-corrected chi connectivity index (χ3v) is 1.67. The predicted octanol–water partition coefficient (Wildman–Crippen LogP) is 2.11. The van der Waals surface area contributed by atoms with Gasteiger partial charge in [0.05, 0.1) is 13.0 Å². The third-order valence-electron chi connectivity index (χ3n) is 1.67. The van der Waals surface area contributed by atoms with E-state index in [1.54, 1.807) is 13.0 Å². The van der Waals surface area contributed by atoms with Crippen molar-refractivity contribution in [2.24, 2.45) is 5.41 Å². The Kier molecular flexibility index (Phi) is 5.13. The van der Waals surface area contributed by atoms with Crippen LogP contribution in [0, 0.1) is 5.41 Å². The predicted molar refractivity (Wildman–Crippen MR) is 54.9 cm³/mol. The van der Waals surface area contributed by atoms with Gasteiger partial charge in [0.15, 0.2) is 5.78 Å². The Morgan fingerprint density at radius 1 is 1.36 bits per heavy atom. The Hall–Kier alpha value is -1.12. The second kappa shape index (κ2) is 5.58. The maximum Gasteiger partial charge on any atom is 0.306 e. The minimum atomic E-state index is -0.322. The molecular weight excluding hydrogens is 180 g/mol. The van der Waals surface area contributed by atoms with E-state index in [9.17, 15) is 9.59 Å². The highest BCUT2D eigenvalue weighted by Gasteiger charge is 2.19. The van der Waals surface area contributed by atoms with Gasteiger partial charge in [-0.25, -0.2) is 0 Å². The molecule has 0 N–H and O–H groups in total. The van der Waals surface area contributed by atoms with Crippen LogP contribution >= 0.6 is 0 Å². The summed E-state index contributed by atoms with van der Waals surface area (Å²) in [6, 6.07) is 0. The fourth-order valence-corrected chi connectivity index (χ4v) is 0.986. The topological polar surface area (TPSA) is 43.4 Å². The first-order valence-electron chi connectivity index (χ1n) is 4.73. The number of allylic oxidation sites excluding steroid dienone is 2. The van der Waals surface area contributed by atoms with E-state index in [0.29, 0.717) is 13.0 Å². The number of hydrogen-bond donors (Lipinski definition) is 0. The molecule has 0 aromatic rings. The van der Waals surface area contributed by atoms with Crippen LogP contribution < -0.4 is 0 Å². The van der Waals surface area contributed by atoms with Crippen molar-refractivity contribution >= 4 is 11.8 Å². The van der Waals surface area contributed by atoms with Crippen molar-refractivity contribution < 1.29 is 14.3 Å². The smallest absolute Gasteiger partial charge is 0.306 e. The molecule has 0 aliphatic heterocycles. The maximum atomic E-state index is 11.2. The van der Waals surface area contributed by atoms with Crippen molar-refractivity contribution in [3.63, 3.8) is 0 Å². The molecule has 0 fully saturated rings. The van der Waals surface area contributed by atoms with E-state index in [2.05, 4.69) is 0 Å². The second-order valence-electron chi connectivity index (χ2n) is 3.91. The third kappa shape index (κ3) is 6.40. The Bertz CT molecular complexity index is 239. The summed E-state index contributed by atoms with van der Waals surface area (Å²) in [5, 5.41) is 0. The van der Waals surface area contributed by atoms with E-state index in [-0.39, 0.29) is 17.2 Å². The first-order valence-corrected chi connectivity index (χ1v) is 4.73. The molecule has 0 amide bonds. The lowest BCUT2D eigenvalue weighted by Crippen LogP contribution is -2.16. The molecule has 0 spiro atoms. The number of esters is 1. The monoisotopic (exact) mass is 198 g/mol. The molecule has 80 valence electrons. The molecule has 0 saturated carbocycles. The molecule has 0 rings (SSSR count). The highest BCUT2D eigenvalue weighted by atomic mass is 16.5. The molecule has 0 bridgehead atoms. The molecule has 3 nitrogen and oxygen atoms in total. The highest BCUT2D eigenvalue weighted by molar-refractivity contribution is 5.87. The van der Waals surface area contributed by atoms with Crippen LogP contribution in [0.5, 0.6) is 0 Å². The Labute approximate surface area is 85.1 Å². The van der Waals surface area contributed by atoms with Crippen LogP contribution in [0.25, 0.3) is 0 Å². The van der Waals surface area contributed by atoms with Gasteiger partial charge in [0.25, 0.3) is 0 Å². The minimum Gasteiger partial charge on any atom is -0.466 e. The molecule has 0 aliphatic rings. The summed E-state index contributed by atoms with van der Waals surface area (Å²) < 4.78 is 4.83. The van der Waals surface area contributed by atoms with Crippen LogP contribution in [-0.4, -0.2) is 18.4 Å². The summed E-state index contributed by atoms with van der Waals surface area (Å²) in [7, 11) is 0. The Balaban J connectivity index is 4.19. The van der Waals surface area contributed by atoms with Crippen LogP contribution in [0.4, 0.5) is 0 Å². The highest BCUT2D eigenvalue weighted by Crippen LogP contribution is 2.22. The fourth-order valence-electron chi connectivity index (χ4n) is 0.986. The van der Waals surface area contributed by atoms with Gasteiger partial charge in [-0.3, -0.25) is 9.59 Å². The van der Waals surface area contributed by atoms with Crippen molar-refractivity contribution in [1.82, 2.24) is 0 Å². The molecule has 3 heteroatoms. The molecule has 0 saturated heterocycles. The van der Waals surface area contributed by atoms with E-state index < -0.39 is 0 Å². The molecule has 0 aromatic heterocycles. The summed E-state index contributed by atoms with van der Waals surface area (Å²) in [4.78, 5) is 21.9. The molecule has 14 heavy (non-hydrogen) atoms. The van der Waals surface area contributed by atoms with Crippen molar-refractivity contribution in [2.45, 2.75) is 34.1 Å². The van der Waals surface area contributed by atoms with Crippen molar-refractivity contribution in [3.05, 3.63) is 12.2 Å². The van der Waals surface area contributed by atoms with Gasteiger partial charge in [-0.1, -0.05) is 19.9 Å². The number of ketones is 1. The Morgan fingerprint density at radius 3 is 2.36 bits per heavy atom. The van der Waals surface area contributed by atoms with Gasteiger partial charge < -0.3 is 4.74 Å². The second-order valence-corrected chi connectivity index (χ2v) is 3.91. The van der Waals surface area contributed by atoms with Gasteiger partial charge in [0.2, 0.25) is 0 Å². The zero-order valence-corrected chi connectivity index (χ0v) is 9.29. The largest absolute Gasteiger partial charge is 0.466 e. The molecule has 0 heterocycles. The van der Waals surface area contributed by atoms with Crippen molar-refractivity contribution in [1.29, 1.82) is 0 Å². The number of hydrogen-bond acceptors (Lipinski definition) is 3. The molecule has 0 aliphatic carbocycles. The lowest BCUT2D eigenvalue weighted by molar-refractivity contribution is -0.144. The fraction of sp³-hybridized carbons (Fsp3) is 0.636. The maximum absolute atomic E-state index is 11.2. The standard InChI is InChI=1S/C11H18O3/c1-5-14-10(13)8-11(3,4)7-6-9(2)12/h6-7H,5,8H2,1-4H3/b7-6+. The molecule has 0 aromatic carbocycles. The number of carbonyl (C=O) groups is 2. The van der Waals surface area contributed by atoms with E-state index in [0.717, 1.165) is 0 Å². The van der Waals surface area contributed by atoms with E-state index >= 15 is 0 Å². The van der Waals surface area contributed by atoms with Gasteiger partial charge in [-0.15, -0.1) is 0 Å². The summed E-state index contributed by atoms with van der Waals surface area (Å²) in [5.41, 5.74) is -0.322. The average molecular weight is 198 g/mol. The Morgan fingerprint density at radius 2 is 1.93 bits per heavy atom. The van der Waals surface area contributed by atoms with Gasteiger partial charge in [-0.05, 0) is 25.3 Å². The summed E-state index contributed by atoms with van der Waals surface area (Å²) >= 11 is 0. The lowest BCUT2D eigenvalue weighted by Gasteiger charge is -2.18. The molecule has 0 unspecified atom stereocenters. The van der Waals surface area contributed by atoms with Crippen LogP contribution in [-0.2, 0) is 14.3 Å². The van der Waals surface area contributed by atoms with E-state index in [1.807, 2.05) is 13.8 Å². The van der Waals surface area contributed by atoms with Crippen LogP contribution in [0.15, 0.2) is 12.2 Å². The van der Waals surface area contributed by atoms with E-state index in [1.165, 1.54) is 13.0 Å². The van der Waals surface area contributed by atoms with Crippen LogP contribution in [0.3, 0.4) is 0 Å². The lowest BCUT2D eigenvalue weighted by atomic mass is 9.89. The zero-order valence-electron chi connectivity index (χ0n) is 9.29.